The largest absolute Gasteiger partial charge is 0.423 e. The second kappa shape index (κ2) is 10.0. The Hall–Kier alpha value is -1.91. The Balaban J connectivity index is 1.82. The highest BCUT2D eigenvalue weighted by Crippen LogP contribution is 2.27. The molecule has 1 aromatic heterocycles. The van der Waals surface area contributed by atoms with Gasteiger partial charge in [-0.3, -0.25) is 9.80 Å². The normalized spacial score (nSPS) is 15.2. The molecule has 0 N–H and O–H groups in total. The fraction of sp³-hybridized carbons (Fsp3) is 0.524. The van der Waals surface area contributed by atoms with Gasteiger partial charge >= 0.3 is 5.63 Å². The predicted molar refractivity (Wildman–Crippen MR) is 110 cm³/mol. The first-order chi connectivity index (χ1) is 13.6. The number of morpholine rings is 1. The third-order valence-corrected chi connectivity index (χ3v) is 5.50. The van der Waals surface area contributed by atoms with E-state index in [-0.39, 0.29) is 5.63 Å². The van der Waals surface area contributed by atoms with Gasteiger partial charge in [0.1, 0.15) is 5.58 Å². The van der Waals surface area contributed by atoms with Gasteiger partial charge in [0, 0.05) is 62.2 Å². The minimum absolute atomic E-state index is 0.361. The average Bonchev–Trinajstić information content (AvgIpc) is 2.70. The Bertz CT molecular complexity index is 900. The molecule has 28 heavy (non-hydrogen) atoms. The third-order valence-electron chi connectivity index (χ3n) is 5.15. The summed E-state index contributed by atoms with van der Waals surface area (Å²) in [4.78, 5) is 16.7. The molecule has 1 fully saturated rings. The van der Waals surface area contributed by atoms with Crippen LogP contribution in [0.5, 0.6) is 0 Å². The van der Waals surface area contributed by atoms with Crippen molar-refractivity contribution in [1.82, 2.24) is 9.80 Å². The van der Waals surface area contributed by atoms with Crippen molar-refractivity contribution in [2.45, 2.75) is 26.3 Å². The number of hydrogen-bond donors (Lipinski definition) is 0. The Morgan fingerprint density at radius 1 is 1.21 bits per heavy atom. The molecule has 0 bridgehead atoms. The highest BCUT2D eigenvalue weighted by molar-refractivity contribution is 6.32. The number of rotatable bonds is 8. The van der Waals surface area contributed by atoms with E-state index in [2.05, 4.69) is 15.9 Å². The summed E-state index contributed by atoms with van der Waals surface area (Å²) in [6.07, 6.45) is 1.22. The summed E-state index contributed by atoms with van der Waals surface area (Å²) in [6.45, 7) is 8.38. The van der Waals surface area contributed by atoms with Crippen molar-refractivity contribution in [1.29, 1.82) is 5.26 Å². The molecule has 1 aliphatic heterocycles. The van der Waals surface area contributed by atoms with Crippen molar-refractivity contribution in [3.8, 4) is 6.07 Å². The molecule has 0 spiro atoms. The Kier molecular flexibility index (Phi) is 7.46. The SMILES string of the molecule is CCc1cc2oc(=O)cc(CN(CCC#N)CCN3CCOCC3)c2cc1Cl. The smallest absolute Gasteiger partial charge is 0.336 e. The summed E-state index contributed by atoms with van der Waals surface area (Å²) in [5.41, 5.74) is 2.05. The lowest BCUT2D eigenvalue weighted by Crippen LogP contribution is -2.41. The van der Waals surface area contributed by atoms with Crippen LogP contribution < -0.4 is 5.63 Å². The summed E-state index contributed by atoms with van der Waals surface area (Å²) in [5.74, 6) is 0. The van der Waals surface area contributed by atoms with Crippen molar-refractivity contribution in [2.75, 3.05) is 45.9 Å². The molecule has 0 unspecified atom stereocenters. The van der Waals surface area contributed by atoms with E-state index in [1.165, 1.54) is 0 Å². The first-order valence-electron chi connectivity index (χ1n) is 9.75. The second-order valence-corrected chi connectivity index (χ2v) is 7.43. The molecule has 3 rings (SSSR count). The van der Waals surface area contributed by atoms with Crippen LogP contribution in [0.1, 0.15) is 24.5 Å². The molecule has 150 valence electrons. The quantitative estimate of drug-likeness (QED) is 0.631. The molecule has 2 heterocycles. The molecule has 7 heteroatoms. The van der Waals surface area contributed by atoms with Gasteiger partial charge in [-0.15, -0.1) is 0 Å². The zero-order chi connectivity index (χ0) is 19.9. The monoisotopic (exact) mass is 403 g/mol. The number of hydrogen-bond acceptors (Lipinski definition) is 6. The number of ether oxygens (including phenoxy) is 1. The molecule has 0 radical (unpaired) electrons. The zero-order valence-electron chi connectivity index (χ0n) is 16.2. The lowest BCUT2D eigenvalue weighted by molar-refractivity contribution is 0.0330. The van der Waals surface area contributed by atoms with Crippen molar-refractivity contribution in [3.05, 3.63) is 44.8 Å². The van der Waals surface area contributed by atoms with Crippen LogP contribution in [0.25, 0.3) is 11.0 Å². The maximum atomic E-state index is 12.1. The average molecular weight is 404 g/mol. The summed E-state index contributed by atoms with van der Waals surface area (Å²) in [6, 6.07) is 7.50. The van der Waals surface area contributed by atoms with Crippen LogP contribution in [-0.2, 0) is 17.7 Å². The van der Waals surface area contributed by atoms with Gasteiger partial charge in [0.2, 0.25) is 0 Å². The van der Waals surface area contributed by atoms with Crippen LogP contribution in [0.2, 0.25) is 5.02 Å². The molecular formula is C21H26ClN3O3. The standard InChI is InChI=1S/C21H26ClN3O3/c1-2-16-12-20-18(14-19(16)22)17(13-21(26)28-20)15-25(5-3-4-23)7-6-24-8-10-27-11-9-24/h12-14H,2-3,5-11,15H2,1H3. The van der Waals surface area contributed by atoms with E-state index in [1.807, 2.05) is 19.1 Å². The van der Waals surface area contributed by atoms with Crippen molar-refractivity contribution in [2.24, 2.45) is 0 Å². The van der Waals surface area contributed by atoms with E-state index in [4.69, 9.17) is 26.0 Å². The fourth-order valence-corrected chi connectivity index (χ4v) is 3.81. The van der Waals surface area contributed by atoms with Gasteiger partial charge < -0.3 is 9.15 Å². The van der Waals surface area contributed by atoms with Gasteiger partial charge in [-0.2, -0.15) is 5.26 Å². The molecule has 0 amide bonds. The van der Waals surface area contributed by atoms with Crippen LogP contribution in [0.3, 0.4) is 0 Å². The maximum absolute atomic E-state index is 12.1. The van der Waals surface area contributed by atoms with Gasteiger partial charge in [0.25, 0.3) is 0 Å². The maximum Gasteiger partial charge on any atom is 0.336 e. The van der Waals surface area contributed by atoms with E-state index in [1.54, 1.807) is 6.07 Å². The predicted octanol–water partition coefficient (Wildman–Crippen LogP) is 3.06. The van der Waals surface area contributed by atoms with E-state index < -0.39 is 0 Å². The number of benzene rings is 1. The van der Waals surface area contributed by atoms with Gasteiger partial charge in [-0.05, 0) is 29.7 Å². The molecule has 2 aromatic rings. The summed E-state index contributed by atoms with van der Waals surface area (Å²) < 4.78 is 10.8. The molecule has 6 nitrogen and oxygen atoms in total. The molecular weight excluding hydrogens is 378 g/mol. The molecule has 0 aliphatic carbocycles. The van der Waals surface area contributed by atoms with Crippen LogP contribution in [0, 0.1) is 11.3 Å². The molecule has 0 atom stereocenters. The van der Waals surface area contributed by atoms with Crippen LogP contribution >= 0.6 is 11.6 Å². The number of fused-ring (bicyclic) bond motifs is 1. The number of nitriles is 1. The molecule has 1 aliphatic rings. The Morgan fingerprint density at radius 2 is 2.00 bits per heavy atom. The third kappa shape index (κ3) is 5.33. The number of aryl methyl sites for hydroxylation is 1. The minimum atomic E-state index is -0.361. The summed E-state index contributed by atoms with van der Waals surface area (Å²) >= 11 is 6.40. The van der Waals surface area contributed by atoms with Crippen molar-refractivity contribution in [3.63, 3.8) is 0 Å². The fourth-order valence-electron chi connectivity index (χ4n) is 3.52. The van der Waals surface area contributed by atoms with E-state index in [0.717, 1.165) is 62.3 Å². The zero-order valence-corrected chi connectivity index (χ0v) is 17.0. The van der Waals surface area contributed by atoms with Gasteiger partial charge in [-0.25, -0.2) is 4.79 Å². The van der Waals surface area contributed by atoms with Gasteiger partial charge in [0.15, 0.2) is 0 Å². The van der Waals surface area contributed by atoms with E-state index in [9.17, 15) is 4.79 Å². The second-order valence-electron chi connectivity index (χ2n) is 7.02. The van der Waals surface area contributed by atoms with Gasteiger partial charge in [-0.1, -0.05) is 18.5 Å². The van der Waals surface area contributed by atoms with Gasteiger partial charge in [0.05, 0.1) is 19.3 Å². The highest BCUT2D eigenvalue weighted by Gasteiger charge is 2.15. The number of halogens is 1. The lowest BCUT2D eigenvalue weighted by atomic mass is 10.1. The minimum Gasteiger partial charge on any atom is -0.423 e. The van der Waals surface area contributed by atoms with Crippen molar-refractivity contribution >= 4 is 22.6 Å². The Labute approximate surface area is 170 Å². The molecule has 1 saturated heterocycles. The topological polar surface area (TPSA) is 69.7 Å². The van der Waals surface area contributed by atoms with E-state index in [0.29, 0.717) is 30.1 Å². The Morgan fingerprint density at radius 3 is 2.71 bits per heavy atom. The van der Waals surface area contributed by atoms with Crippen molar-refractivity contribution < 1.29 is 9.15 Å². The lowest BCUT2D eigenvalue weighted by Gasteiger charge is -2.30. The van der Waals surface area contributed by atoms with Crippen LogP contribution in [0.4, 0.5) is 0 Å². The first kappa shape index (κ1) is 20.8. The van der Waals surface area contributed by atoms with E-state index >= 15 is 0 Å². The number of nitrogens with zero attached hydrogens (tertiary/aromatic N) is 3. The van der Waals surface area contributed by atoms with Crippen LogP contribution in [-0.4, -0.2) is 55.7 Å². The summed E-state index contributed by atoms with van der Waals surface area (Å²) in [7, 11) is 0. The molecule has 0 saturated carbocycles. The van der Waals surface area contributed by atoms with Crippen LogP contribution in [0.15, 0.2) is 27.4 Å². The highest BCUT2D eigenvalue weighted by atomic mass is 35.5. The summed E-state index contributed by atoms with van der Waals surface area (Å²) in [5, 5.41) is 10.6. The molecule has 1 aromatic carbocycles. The first-order valence-corrected chi connectivity index (χ1v) is 10.1.